The van der Waals surface area contributed by atoms with Gasteiger partial charge in [0, 0.05) is 25.2 Å². The van der Waals surface area contributed by atoms with Crippen LogP contribution in [0.4, 0.5) is 0 Å². The Morgan fingerprint density at radius 2 is 2.11 bits per heavy atom. The second-order valence-electron chi connectivity index (χ2n) is 5.05. The van der Waals surface area contributed by atoms with Gasteiger partial charge < -0.3 is 15.3 Å². The van der Waals surface area contributed by atoms with E-state index < -0.39 is 0 Å². The Bertz CT molecular complexity index is 448. The van der Waals surface area contributed by atoms with E-state index in [2.05, 4.69) is 19.2 Å². The fourth-order valence-electron chi connectivity index (χ4n) is 2.56. The summed E-state index contributed by atoms with van der Waals surface area (Å²) in [7, 11) is 0. The number of hydrogen-bond acceptors (Lipinski definition) is 3. The minimum Gasteiger partial charge on any atom is -0.507 e. The first-order valence-corrected chi connectivity index (χ1v) is 6.99. The van der Waals surface area contributed by atoms with Crippen molar-refractivity contribution in [1.29, 1.82) is 0 Å². The molecule has 0 bridgehead atoms. The van der Waals surface area contributed by atoms with Crippen LogP contribution in [0.2, 0.25) is 0 Å². The fraction of sp³-hybridized carbons (Fsp3) is 0.533. The van der Waals surface area contributed by atoms with E-state index in [0.29, 0.717) is 18.2 Å². The van der Waals surface area contributed by atoms with Gasteiger partial charge >= 0.3 is 0 Å². The molecular formula is C15H22N2O2. The number of phenolic OH excluding ortho intramolecular Hbond substituents is 1. The van der Waals surface area contributed by atoms with Crippen LogP contribution in [0.5, 0.6) is 5.75 Å². The monoisotopic (exact) mass is 262 g/mol. The number of hydrogen-bond donors (Lipinski definition) is 2. The number of rotatable bonds is 3. The number of nitrogens with zero attached hydrogens (tertiary/aromatic N) is 1. The number of amides is 1. The normalized spacial score (nSPS) is 23.4. The zero-order valence-electron chi connectivity index (χ0n) is 11.6. The molecule has 0 aromatic heterocycles. The summed E-state index contributed by atoms with van der Waals surface area (Å²) in [6.07, 6.45) is 1.92. The Morgan fingerprint density at radius 1 is 1.37 bits per heavy atom. The second-order valence-corrected chi connectivity index (χ2v) is 5.05. The third kappa shape index (κ3) is 2.89. The highest BCUT2D eigenvalue weighted by Crippen LogP contribution is 2.21. The lowest BCUT2D eigenvalue weighted by molar-refractivity contribution is 0.0573. The summed E-state index contributed by atoms with van der Waals surface area (Å²) in [6.45, 7) is 5.74. The smallest absolute Gasteiger partial charge is 0.257 e. The summed E-state index contributed by atoms with van der Waals surface area (Å²) in [5.74, 6) is -0.00108. The summed E-state index contributed by atoms with van der Waals surface area (Å²) in [5, 5.41) is 13.3. The van der Waals surface area contributed by atoms with Crippen LogP contribution in [-0.4, -0.2) is 41.1 Å². The number of phenols is 1. The van der Waals surface area contributed by atoms with Crippen LogP contribution in [0.25, 0.3) is 0 Å². The molecule has 4 nitrogen and oxygen atoms in total. The molecule has 19 heavy (non-hydrogen) atoms. The van der Waals surface area contributed by atoms with Gasteiger partial charge in [-0.05, 0) is 25.0 Å². The van der Waals surface area contributed by atoms with Gasteiger partial charge in [0.15, 0.2) is 0 Å². The molecule has 1 aliphatic heterocycles. The molecule has 2 atom stereocenters. The Balaban J connectivity index is 2.22. The van der Waals surface area contributed by atoms with Crippen LogP contribution in [0, 0.1) is 0 Å². The van der Waals surface area contributed by atoms with Gasteiger partial charge in [-0.1, -0.05) is 26.0 Å². The third-order valence-electron chi connectivity index (χ3n) is 3.86. The van der Waals surface area contributed by atoms with Crippen molar-refractivity contribution >= 4 is 5.91 Å². The molecule has 0 radical (unpaired) electrons. The maximum Gasteiger partial charge on any atom is 0.257 e. The summed E-state index contributed by atoms with van der Waals surface area (Å²) in [6, 6.07) is 7.32. The SMILES string of the molecule is CCC1CN(C(=O)c2ccccc2O)C(CC)CN1. The van der Waals surface area contributed by atoms with E-state index in [-0.39, 0.29) is 17.7 Å². The summed E-state index contributed by atoms with van der Waals surface area (Å²) in [5.41, 5.74) is 0.401. The first-order chi connectivity index (χ1) is 9.17. The highest BCUT2D eigenvalue weighted by Gasteiger charge is 2.30. The lowest BCUT2D eigenvalue weighted by atomic mass is 10.0. The molecule has 104 valence electrons. The zero-order valence-corrected chi connectivity index (χ0v) is 11.6. The van der Waals surface area contributed by atoms with Gasteiger partial charge in [0.2, 0.25) is 0 Å². The maximum atomic E-state index is 12.6. The Labute approximate surface area is 114 Å². The average molecular weight is 262 g/mol. The Morgan fingerprint density at radius 3 is 2.74 bits per heavy atom. The predicted molar refractivity (Wildman–Crippen MR) is 75.3 cm³/mol. The molecule has 2 N–H and O–H groups in total. The molecule has 2 rings (SSSR count). The van der Waals surface area contributed by atoms with E-state index in [0.717, 1.165) is 19.4 Å². The van der Waals surface area contributed by atoms with Gasteiger partial charge in [-0.15, -0.1) is 0 Å². The molecule has 4 heteroatoms. The van der Waals surface area contributed by atoms with Crippen molar-refractivity contribution in [3.8, 4) is 5.75 Å². The summed E-state index contributed by atoms with van der Waals surface area (Å²) >= 11 is 0. The Hall–Kier alpha value is -1.55. The molecule has 1 saturated heterocycles. The standard InChI is InChI=1S/C15H22N2O2/c1-3-11-10-17(12(4-2)9-16-11)15(19)13-7-5-6-8-14(13)18/h5-8,11-12,16,18H,3-4,9-10H2,1-2H3. The highest BCUT2D eigenvalue weighted by molar-refractivity contribution is 5.97. The molecule has 1 aliphatic rings. The van der Waals surface area contributed by atoms with Gasteiger partial charge in [-0.3, -0.25) is 4.79 Å². The van der Waals surface area contributed by atoms with E-state index in [4.69, 9.17) is 0 Å². The van der Waals surface area contributed by atoms with Gasteiger partial charge in [-0.2, -0.15) is 0 Å². The van der Waals surface area contributed by atoms with E-state index in [1.54, 1.807) is 24.3 Å². The van der Waals surface area contributed by atoms with Gasteiger partial charge in [0.05, 0.1) is 5.56 Å². The van der Waals surface area contributed by atoms with Crippen LogP contribution in [-0.2, 0) is 0 Å². The zero-order chi connectivity index (χ0) is 13.8. The lowest BCUT2D eigenvalue weighted by Gasteiger charge is -2.40. The van der Waals surface area contributed by atoms with E-state index in [1.165, 1.54) is 0 Å². The quantitative estimate of drug-likeness (QED) is 0.876. The van der Waals surface area contributed by atoms with Crippen molar-refractivity contribution in [1.82, 2.24) is 10.2 Å². The number of benzene rings is 1. The number of carbonyl (C=O) groups is 1. The highest BCUT2D eigenvalue weighted by atomic mass is 16.3. The van der Waals surface area contributed by atoms with Crippen LogP contribution in [0.15, 0.2) is 24.3 Å². The minimum atomic E-state index is -0.0649. The molecular weight excluding hydrogens is 240 g/mol. The third-order valence-corrected chi connectivity index (χ3v) is 3.86. The average Bonchev–Trinajstić information content (AvgIpc) is 2.46. The van der Waals surface area contributed by atoms with Crippen LogP contribution >= 0.6 is 0 Å². The fourth-order valence-corrected chi connectivity index (χ4v) is 2.56. The number of piperazine rings is 1. The van der Waals surface area contributed by atoms with Crippen LogP contribution in [0.3, 0.4) is 0 Å². The molecule has 2 unspecified atom stereocenters. The van der Waals surface area contributed by atoms with Crippen molar-refractivity contribution in [2.45, 2.75) is 38.8 Å². The van der Waals surface area contributed by atoms with Crippen molar-refractivity contribution in [2.24, 2.45) is 0 Å². The number of carbonyl (C=O) groups excluding carboxylic acids is 1. The number of nitrogens with one attached hydrogen (secondary N) is 1. The van der Waals surface area contributed by atoms with E-state index in [1.807, 2.05) is 4.90 Å². The molecule has 0 aliphatic carbocycles. The van der Waals surface area contributed by atoms with E-state index in [9.17, 15) is 9.90 Å². The second kappa shape index (κ2) is 6.06. The van der Waals surface area contributed by atoms with Gasteiger partial charge in [0.25, 0.3) is 5.91 Å². The molecule has 1 amide bonds. The first kappa shape index (κ1) is 13.9. The van der Waals surface area contributed by atoms with E-state index >= 15 is 0 Å². The Kier molecular flexibility index (Phi) is 4.43. The van der Waals surface area contributed by atoms with Gasteiger partial charge in [0.1, 0.15) is 5.75 Å². The summed E-state index contributed by atoms with van der Waals surface area (Å²) < 4.78 is 0. The maximum absolute atomic E-state index is 12.6. The van der Waals surface area contributed by atoms with Crippen molar-refractivity contribution < 1.29 is 9.90 Å². The van der Waals surface area contributed by atoms with Gasteiger partial charge in [-0.25, -0.2) is 0 Å². The number of aromatic hydroxyl groups is 1. The lowest BCUT2D eigenvalue weighted by Crippen LogP contribution is -2.57. The van der Waals surface area contributed by atoms with Crippen molar-refractivity contribution in [3.05, 3.63) is 29.8 Å². The van der Waals surface area contributed by atoms with Crippen LogP contribution < -0.4 is 5.32 Å². The predicted octanol–water partition coefficient (Wildman–Crippen LogP) is 1.99. The molecule has 1 heterocycles. The minimum absolute atomic E-state index is 0.0638. The van der Waals surface area contributed by atoms with Crippen molar-refractivity contribution in [2.75, 3.05) is 13.1 Å². The molecule has 1 aromatic carbocycles. The summed E-state index contributed by atoms with van der Waals surface area (Å²) in [4.78, 5) is 14.5. The number of para-hydroxylation sites is 1. The molecule has 0 spiro atoms. The van der Waals surface area contributed by atoms with Crippen molar-refractivity contribution in [3.63, 3.8) is 0 Å². The van der Waals surface area contributed by atoms with Crippen LogP contribution in [0.1, 0.15) is 37.0 Å². The molecule has 0 saturated carbocycles. The molecule has 1 aromatic rings. The largest absolute Gasteiger partial charge is 0.507 e. The topological polar surface area (TPSA) is 52.6 Å². The molecule has 1 fully saturated rings. The first-order valence-electron chi connectivity index (χ1n) is 6.99.